The molecule has 1 unspecified atom stereocenters. The van der Waals surface area contributed by atoms with Crippen LogP contribution in [-0.2, 0) is 22.7 Å². The number of aromatic nitrogens is 1. The number of benzene rings is 2. The van der Waals surface area contributed by atoms with Gasteiger partial charge in [-0.1, -0.05) is 36.7 Å². The van der Waals surface area contributed by atoms with Gasteiger partial charge in [0.05, 0.1) is 12.2 Å². The van der Waals surface area contributed by atoms with Gasteiger partial charge in [-0.3, -0.25) is 19.5 Å². The number of pyridine rings is 1. The minimum atomic E-state index is -0.671. The molecule has 2 aromatic carbocycles. The van der Waals surface area contributed by atoms with Crippen molar-refractivity contribution in [2.45, 2.75) is 39.5 Å². The fraction of sp³-hybridized carbons (Fsp3) is 0.269. The van der Waals surface area contributed by atoms with Gasteiger partial charge in [0.2, 0.25) is 5.91 Å². The highest BCUT2D eigenvalue weighted by Gasteiger charge is 2.35. The van der Waals surface area contributed by atoms with E-state index >= 15 is 0 Å². The lowest BCUT2D eigenvalue weighted by Crippen LogP contribution is -2.50. The van der Waals surface area contributed by atoms with Gasteiger partial charge in [0.25, 0.3) is 5.91 Å². The standard InChI is InChI=1S/C26H25ClFN3O3/c1-3-23-26(33)31(22-12-17(2)9-10-24(22)34-23)16-25(32)30(14-18-6-5-11-29-13-18)15-19-20(27)7-4-8-21(19)28/h4-13,23H,3,14-16H2,1-2H3. The summed E-state index contributed by atoms with van der Waals surface area (Å²) in [6.45, 7) is 3.70. The molecule has 3 aromatic rings. The number of anilines is 1. The Kier molecular flexibility index (Phi) is 7.12. The lowest BCUT2D eigenvalue weighted by molar-refractivity contribution is -0.134. The normalized spacial score (nSPS) is 15.0. The highest BCUT2D eigenvalue weighted by molar-refractivity contribution is 6.31. The van der Waals surface area contributed by atoms with E-state index in [1.165, 1.54) is 21.9 Å². The van der Waals surface area contributed by atoms with E-state index in [-0.39, 0.29) is 42.0 Å². The van der Waals surface area contributed by atoms with Crippen molar-refractivity contribution in [2.75, 3.05) is 11.4 Å². The van der Waals surface area contributed by atoms with Crippen LogP contribution >= 0.6 is 11.6 Å². The Balaban J connectivity index is 1.66. The second-order valence-electron chi connectivity index (χ2n) is 8.22. The molecule has 2 amide bonds. The lowest BCUT2D eigenvalue weighted by atomic mass is 10.1. The zero-order chi connectivity index (χ0) is 24.2. The molecule has 0 aliphatic carbocycles. The van der Waals surface area contributed by atoms with Crippen LogP contribution in [0.1, 0.15) is 30.0 Å². The lowest BCUT2D eigenvalue weighted by Gasteiger charge is -2.35. The van der Waals surface area contributed by atoms with Crippen LogP contribution in [0.25, 0.3) is 0 Å². The smallest absolute Gasteiger partial charge is 0.268 e. The first-order valence-corrected chi connectivity index (χ1v) is 11.4. The summed E-state index contributed by atoms with van der Waals surface area (Å²) < 4.78 is 20.4. The maximum atomic E-state index is 14.6. The van der Waals surface area contributed by atoms with E-state index in [0.717, 1.165) is 11.1 Å². The third-order valence-electron chi connectivity index (χ3n) is 5.74. The summed E-state index contributed by atoms with van der Waals surface area (Å²) in [7, 11) is 0. The molecule has 6 nitrogen and oxygen atoms in total. The second kappa shape index (κ2) is 10.2. The van der Waals surface area contributed by atoms with E-state index in [0.29, 0.717) is 17.9 Å². The molecule has 0 radical (unpaired) electrons. The highest BCUT2D eigenvalue weighted by atomic mass is 35.5. The summed E-state index contributed by atoms with van der Waals surface area (Å²) in [6.07, 6.45) is 3.09. The first-order valence-electron chi connectivity index (χ1n) is 11.1. The number of hydrogen-bond acceptors (Lipinski definition) is 4. The molecule has 0 saturated carbocycles. The summed E-state index contributed by atoms with van der Waals surface area (Å²) in [5.74, 6) is -0.563. The third-order valence-corrected chi connectivity index (χ3v) is 6.09. The highest BCUT2D eigenvalue weighted by Crippen LogP contribution is 2.35. The van der Waals surface area contributed by atoms with Gasteiger partial charge in [0.15, 0.2) is 6.10 Å². The van der Waals surface area contributed by atoms with Gasteiger partial charge in [-0.05, 0) is 54.8 Å². The summed E-state index contributed by atoms with van der Waals surface area (Å²) in [4.78, 5) is 33.8. The number of aryl methyl sites for hydroxylation is 1. The third kappa shape index (κ3) is 5.04. The van der Waals surface area contributed by atoms with Gasteiger partial charge in [0.1, 0.15) is 18.1 Å². The Morgan fingerprint density at radius 3 is 2.74 bits per heavy atom. The molecule has 176 valence electrons. The van der Waals surface area contributed by atoms with Crippen LogP contribution in [-0.4, -0.2) is 34.3 Å². The van der Waals surface area contributed by atoms with Crippen molar-refractivity contribution in [1.82, 2.24) is 9.88 Å². The first kappa shape index (κ1) is 23.7. The van der Waals surface area contributed by atoms with E-state index in [4.69, 9.17) is 16.3 Å². The number of carbonyl (C=O) groups excluding carboxylic acids is 2. The largest absolute Gasteiger partial charge is 0.478 e. The molecule has 8 heteroatoms. The molecule has 1 aliphatic heterocycles. The van der Waals surface area contributed by atoms with Crippen LogP contribution in [0.4, 0.5) is 10.1 Å². The van der Waals surface area contributed by atoms with Gasteiger partial charge >= 0.3 is 0 Å². The Bertz CT molecular complexity index is 1180. The average molecular weight is 482 g/mol. The summed E-state index contributed by atoms with van der Waals surface area (Å²) in [6, 6.07) is 13.6. The quantitative estimate of drug-likeness (QED) is 0.480. The van der Waals surface area contributed by atoms with Gasteiger partial charge in [-0.15, -0.1) is 0 Å². The summed E-state index contributed by atoms with van der Waals surface area (Å²) in [5.41, 5.74) is 2.48. The first-order chi connectivity index (χ1) is 16.4. The predicted molar refractivity (Wildman–Crippen MR) is 128 cm³/mol. The topological polar surface area (TPSA) is 62.7 Å². The van der Waals surface area contributed by atoms with Crippen LogP contribution in [0.2, 0.25) is 5.02 Å². The van der Waals surface area contributed by atoms with E-state index < -0.39 is 11.9 Å². The number of amides is 2. The molecule has 1 atom stereocenters. The second-order valence-corrected chi connectivity index (χ2v) is 8.63. The zero-order valence-electron chi connectivity index (χ0n) is 19.0. The van der Waals surface area contributed by atoms with Crippen molar-refractivity contribution in [2.24, 2.45) is 0 Å². The molecule has 4 rings (SSSR count). The fourth-order valence-electron chi connectivity index (χ4n) is 3.91. The molecular formula is C26H25ClFN3O3. The maximum absolute atomic E-state index is 14.6. The van der Waals surface area contributed by atoms with Crippen molar-refractivity contribution >= 4 is 29.1 Å². The predicted octanol–water partition coefficient (Wildman–Crippen LogP) is 4.92. The molecule has 0 fully saturated rings. The SMILES string of the molecule is CCC1Oc2ccc(C)cc2N(CC(=O)N(Cc2cccnc2)Cc2c(F)cccc2Cl)C1=O. The Hall–Kier alpha value is -3.45. The Labute approximate surface area is 202 Å². The van der Waals surface area contributed by atoms with E-state index in [1.807, 2.05) is 38.1 Å². The number of rotatable bonds is 7. The van der Waals surface area contributed by atoms with Crippen molar-refractivity contribution in [3.63, 3.8) is 0 Å². The molecular weight excluding hydrogens is 457 g/mol. The van der Waals surface area contributed by atoms with E-state index in [2.05, 4.69) is 4.98 Å². The molecule has 1 aliphatic rings. The number of halogens is 2. The molecule has 0 N–H and O–H groups in total. The molecule has 1 aromatic heterocycles. The van der Waals surface area contributed by atoms with Crippen LogP contribution in [0.3, 0.4) is 0 Å². The number of nitrogens with zero attached hydrogens (tertiary/aromatic N) is 3. The zero-order valence-corrected chi connectivity index (χ0v) is 19.8. The van der Waals surface area contributed by atoms with Crippen LogP contribution in [0, 0.1) is 12.7 Å². The molecule has 0 spiro atoms. The molecule has 0 saturated heterocycles. The minimum Gasteiger partial charge on any atom is -0.478 e. The molecule has 0 bridgehead atoms. The van der Waals surface area contributed by atoms with Gasteiger partial charge < -0.3 is 9.64 Å². The number of fused-ring (bicyclic) bond motifs is 1. The maximum Gasteiger partial charge on any atom is 0.268 e. The number of hydrogen-bond donors (Lipinski definition) is 0. The molecule has 2 heterocycles. The summed E-state index contributed by atoms with van der Waals surface area (Å²) in [5, 5.41) is 0.235. The van der Waals surface area contributed by atoms with Crippen LogP contribution < -0.4 is 9.64 Å². The van der Waals surface area contributed by atoms with Crippen LogP contribution in [0.15, 0.2) is 60.9 Å². The van der Waals surface area contributed by atoms with Crippen molar-refractivity contribution in [3.05, 3.63) is 88.5 Å². The van der Waals surface area contributed by atoms with Crippen LogP contribution in [0.5, 0.6) is 5.75 Å². The van der Waals surface area contributed by atoms with Gasteiger partial charge in [-0.25, -0.2) is 4.39 Å². The van der Waals surface area contributed by atoms with Crippen molar-refractivity contribution in [3.8, 4) is 5.75 Å². The van der Waals surface area contributed by atoms with Gasteiger partial charge in [0, 0.05) is 29.5 Å². The van der Waals surface area contributed by atoms with E-state index in [9.17, 15) is 14.0 Å². The monoisotopic (exact) mass is 481 g/mol. The van der Waals surface area contributed by atoms with Crippen molar-refractivity contribution in [1.29, 1.82) is 0 Å². The average Bonchev–Trinajstić information content (AvgIpc) is 2.83. The Morgan fingerprint density at radius 2 is 2.03 bits per heavy atom. The van der Waals surface area contributed by atoms with E-state index in [1.54, 1.807) is 24.5 Å². The van der Waals surface area contributed by atoms with Gasteiger partial charge in [-0.2, -0.15) is 0 Å². The Morgan fingerprint density at radius 1 is 1.21 bits per heavy atom. The fourth-order valence-corrected chi connectivity index (χ4v) is 4.13. The number of carbonyl (C=O) groups is 2. The summed E-state index contributed by atoms with van der Waals surface area (Å²) >= 11 is 6.25. The molecule has 34 heavy (non-hydrogen) atoms. The number of ether oxygens (including phenoxy) is 1. The van der Waals surface area contributed by atoms with Crippen molar-refractivity contribution < 1.29 is 18.7 Å². The minimum absolute atomic E-state index is 0.0460.